The van der Waals surface area contributed by atoms with Crippen LogP contribution in [-0.4, -0.2) is 44.8 Å². The topological polar surface area (TPSA) is 124 Å². The second kappa shape index (κ2) is 8.05. The van der Waals surface area contributed by atoms with E-state index < -0.39 is 45.3 Å². The van der Waals surface area contributed by atoms with Gasteiger partial charge >= 0.3 is 5.97 Å². The molecule has 0 saturated carbocycles. The minimum Gasteiger partial charge on any atom is -0.458 e. The summed E-state index contributed by atoms with van der Waals surface area (Å²) in [6, 6.07) is 4.55. The Morgan fingerprint density at radius 2 is 1.82 bits per heavy atom. The summed E-state index contributed by atoms with van der Waals surface area (Å²) in [5.41, 5.74) is -2.57. The van der Waals surface area contributed by atoms with E-state index in [1.165, 1.54) is 45.0 Å². The van der Waals surface area contributed by atoms with Crippen LogP contribution in [0.5, 0.6) is 0 Å². The van der Waals surface area contributed by atoms with Gasteiger partial charge in [-0.15, -0.1) is 0 Å². The van der Waals surface area contributed by atoms with Gasteiger partial charge in [0.1, 0.15) is 23.6 Å². The van der Waals surface area contributed by atoms with Crippen LogP contribution in [0.25, 0.3) is 0 Å². The van der Waals surface area contributed by atoms with Crippen molar-refractivity contribution >= 4 is 40.7 Å². The van der Waals surface area contributed by atoms with E-state index >= 15 is 0 Å². The summed E-state index contributed by atoms with van der Waals surface area (Å²) in [6.07, 6.45) is -0.0749. The Bertz CT molecular complexity index is 823. The number of hydrogen-bond donors (Lipinski definition) is 0. The van der Waals surface area contributed by atoms with E-state index in [0.717, 1.165) is 4.90 Å². The lowest BCUT2D eigenvalue weighted by Gasteiger charge is -2.49. The van der Waals surface area contributed by atoms with Gasteiger partial charge in [0.15, 0.2) is 0 Å². The number of likely N-dealkylation sites (tertiary alicyclic amines) is 1. The molecule has 0 radical (unpaired) electrons. The maximum Gasteiger partial charge on any atom is 0.344 e. The quantitative estimate of drug-likeness (QED) is 0.122. The van der Waals surface area contributed by atoms with Crippen molar-refractivity contribution in [3.8, 4) is 0 Å². The predicted molar refractivity (Wildman–Crippen MR) is 97.3 cm³/mol. The van der Waals surface area contributed by atoms with Crippen LogP contribution in [0, 0.1) is 15.5 Å². The van der Waals surface area contributed by atoms with Gasteiger partial charge < -0.3 is 9.64 Å². The van der Waals surface area contributed by atoms with Gasteiger partial charge in [0.25, 0.3) is 5.69 Å². The maximum atomic E-state index is 12.3. The predicted octanol–water partition coefficient (Wildman–Crippen LogP) is 1.99. The van der Waals surface area contributed by atoms with Gasteiger partial charge in [0.2, 0.25) is 11.4 Å². The van der Waals surface area contributed by atoms with Crippen LogP contribution >= 0.6 is 11.6 Å². The van der Waals surface area contributed by atoms with Crippen LogP contribution in [0.15, 0.2) is 24.3 Å². The van der Waals surface area contributed by atoms with Gasteiger partial charge in [-0.3, -0.25) is 24.5 Å². The number of ketones is 2. The van der Waals surface area contributed by atoms with Crippen LogP contribution in [0.4, 0.5) is 5.69 Å². The molecule has 1 heterocycles. The van der Waals surface area contributed by atoms with Gasteiger partial charge in [-0.25, -0.2) is 4.79 Å². The summed E-state index contributed by atoms with van der Waals surface area (Å²) in [5, 5.41) is 10.6. The molecule has 0 N–H and O–H groups in total. The fraction of sp³-hybridized carbons (Fsp3) is 0.444. The number of nitro benzene ring substituents is 1. The molecule has 150 valence electrons. The van der Waals surface area contributed by atoms with Crippen molar-refractivity contribution in [2.45, 2.75) is 45.3 Å². The van der Waals surface area contributed by atoms with Crippen molar-refractivity contribution in [1.29, 1.82) is 0 Å². The maximum absolute atomic E-state index is 12.3. The molecule has 2 unspecified atom stereocenters. The SMILES string of the molecule is CC(=O)C(C)(C(C)=O)C1CC(=O)N1C(Cl)C(=O)OCc1ccc([N+](=O)[O-])cc1. The molecule has 2 atom stereocenters. The van der Waals surface area contributed by atoms with Crippen molar-refractivity contribution in [3.63, 3.8) is 0 Å². The van der Waals surface area contributed by atoms with E-state index in [1.807, 2.05) is 0 Å². The molecule has 0 spiro atoms. The Morgan fingerprint density at radius 1 is 1.29 bits per heavy atom. The molecule has 10 heteroatoms. The van der Waals surface area contributed by atoms with Crippen LogP contribution in [0.2, 0.25) is 0 Å². The van der Waals surface area contributed by atoms with E-state index in [9.17, 15) is 29.3 Å². The van der Waals surface area contributed by atoms with Crippen LogP contribution in [0.3, 0.4) is 0 Å². The van der Waals surface area contributed by atoms with Crippen LogP contribution in [-0.2, 0) is 30.5 Å². The monoisotopic (exact) mass is 410 g/mol. The molecular formula is C18H19ClN2O7. The highest BCUT2D eigenvalue weighted by atomic mass is 35.5. The van der Waals surface area contributed by atoms with Gasteiger partial charge in [0, 0.05) is 18.6 Å². The molecule has 9 nitrogen and oxygen atoms in total. The lowest BCUT2D eigenvalue weighted by Crippen LogP contribution is -2.67. The van der Waals surface area contributed by atoms with E-state index in [0.29, 0.717) is 5.56 Å². The number of rotatable bonds is 8. The smallest absolute Gasteiger partial charge is 0.344 e. The minimum absolute atomic E-state index is 0.0749. The van der Waals surface area contributed by atoms with Crippen molar-refractivity contribution in [2.75, 3.05) is 0 Å². The number of nitro groups is 1. The van der Waals surface area contributed by atoms with E-state index in [1.54, 1.807) is 0 Å². The van der Waals surface area contributed by atoms with E-state index in [4.69, 9.17) is 16.3 Å². The number of esters is 1. The third-order valence-corrected chi connectivity index (χ3v) is 5.48. The Hall–Kier alpha value is -2.81. The molecule has 1 saturated heterocycles. The molecule has 0 bridgehead atoms. The molecule has 1 fully saturated rings. The molecule has 1 amide bonds. The van der Waals surface area contributed by atoms with Crippen LogP contribution < -0.4 is 0 Å². The summed E-state index contributed by atoms with van der Waals surface area (Å²) in [4.78, 5) is 59.3. The van der Waals surface area contributed by atoms with Gasteiger partial charge in [-0.1, -0.05) is 11.6 Å². The molecular weight excluding hydrogens is 392 g/mol. The molecule has 1 aliphatic rings. The number of alkyl halides is 1. The third-order valence-electron chi connectivity index (χ3n) is 5.09. The molecule has 1 aromatic carbocycles. The largest absolute Gasteiger partial charge is 0.458 e. The Morgan fingerprint density at radius 3 is 2.25 bits per heavy atom. The molecule has 0 aliphatic carbocycles. The number of nitrogens with zero attached hydrogens (tertiary/aromatic N) is 2. The van der Waals surface area contributed by atoms with Gasteiger partial charge in [-0.2, -0.15) is 0 Å². The zero-order valence-corrected chi connectivity index (χ0v) is 16.3. The first-order valence-electron chi connectivity index (χ1n) is 8.37. The fourth-order valence-corrected chi connectivity index (χ4v) is 3.27. The molecule has 0 aromatic heterocycles. The number of ether oxygens (including phenoxy) is 1. The lowest BCUT2D eigenvalue weighted by atomic mass is 9.70. The minimum atomic E-state index is -1.50. The first kappa shape index (κ1) is 21.5. The number of non-ortho nitro benzene ring substituents is 1. The Balaban J connectivity index is 2.07. The Labute approximate surface area is 165 Å². The molecule has 1 aromatic rings. The Kier molecular flexibility index (Phi) is 6.18. The highest BCUT2D eigenvalue weighted by Gasteiger charge is 2.56. The number of Topliss-reactive ketones (excluding diaryl/α,β-unsaturated/α-hetero) is 2. The van der Waals surface area contributed by atoms with Crippen LogP contribution in [0.1, 0.15) is 32.8 Å². The number of hydrogen-bond acceptors (Lipinski definition) is 7. The average molecular weight is 411 g/mol. The second-order valence-corrected chi connectivity index (χ2v) is 7.12. The third kappa shape index (κ3) is 3.89. The molecule has 1 aliphatic heterocycles. The number of halogens is 1. The number of benzene rings is 1. The number of amides is 1. The summed E-state index contributed by atoms with van der Waals surface area (Å²) in [7, 11) is 0. The number of carbonyl (C=O) groups is 4. The van der Waals surface area contributed by atoms with Gasteiger partial charge in [0.05, 0.1) is 11.0 Å². The molecule has 28 heavy (non-hydrogen) atoms. The van der Waals surface area contributed by atoms with Crippen molar-refractivity contribution < 1.29 is 28.8 Å². The first-order chi connectivity index (χ1) is 13.0. The average Bonchev–Trinajstić information content (AvgIpc) is 2.63. The zero-order chi connectivity index (χ0) is 21.2. The summed E-state index contributed by atoms with van der Waals surface area (Å²) in [6.45, 7) is 3.72. The number of β-lactam (4-membered cyclic amide) rings is 1. The summed E-state index contributed by atoms with van der Waals surface area (Å²) < 4.78 is 5.07. The highest BCUT2D eigenvalue weighted by molar-refractivity contribution is 6.31. The standard InChI is InChI=1S/C18H19ClN2O7/c1-10(22)18(3,11(2)23)14-8-15(24)20(14)16(19)17(25)28-9-12-4-6-13(7-5-12)21(26)27/h4-7,14,16H,8-9H2,1-3H3. The summed E-state index contributed by atoms with van der Waals surface area (Å²) >= 11 is 6.09. The highest BCUT2D eigenvalue weighted by Crippen LogP contribution is 2.39. The molecule has 2 rings (SSSR count). The van der Waals surface area contributed by atoms with Crippen molar-refractivity contribution in [1.82, 2.24) is 4.90 Å². The van der Waals surface area contributed by atoms with Crippen molar-refractivity contribution in [2.24, 2.45) is 5.41 Å². The zero-order valence-electron chi connectivity index (χ0n) is 15.5. The van der Waals surface area contributed by atoms with Crippen molar-refractivity contribution in [3.05, 3.63) is 39.9 Å². The normalized spacial score (nSPS) is 17.5. The fourth-order valence-electron chi connectivity index (χ4n) is 2.97. The van der Waals surface area contributed by atoms with Gasteiger partial charge in [-0.05, 0) is 38.5 Å². The first-order valence-corrected chi connectivity index (χ1v) is 8.81. The lowest BCUT2D eigenvalue weighted by molar-refractivity contribution is -0.384. The number of carbonyl (C=O) groups excluding carboxylic acids is 4. The second-order valence-electron chi connectivity index (χ2n) is 6.70. The van der Waals surface area contributed by atoms with E-state index in [2.05, 4.69) is 0 Å². The van der Waals surface area contributed by atoms with E-state index in [-0.39, 0.29) is 18.7 Å². The summed E-state index contributed by atoms with van der Waals surface area (Å²) in [5.74, 6) is -2.24.